The van der Waals surface area contributed by atoms with Crippen molar-refractivity contribution in [2.24, 2.45) is 0 Å². The summed E-state index contributed by atoms with van der Waals surface area (Å²) in [6, 6.07) is -0.608. The Labute approximate surface area is 289 Å². The molecule has 0 amide bonds. The Morgan fingerprint density at radius 2 is 1.06 bits per heavy atom. The maximum atomic E-state index is 12.6. The largest absolute Gasteiger partial charge is 0.477 e. The van der Waals surface area contributed by atoms with Crippen molar-refractivity contribution in [3.63, 3.8) is 0 Å². The number of hydrogen-bond donors (Lipinski definition) is 1. The molecule has 0 fully saturated rings. The first-order valence-electron chi connectivity index (χ1n) is 19.2. The minimum absolute atomic E-state index is 0.0501. The number of allylic oxidation sites excluding steroid dienone is 2. The van der Waals surface area contributed by atoms with Crippen molar-refractivity contribution in [3.8, 4) is 0 Å². The number of ether oxygens (including phenoxy) is 3. The fourth-order valence-electron chi connectivity index (χ4n) is 5.61. The number of likely N-dealkylation sites (N-methyl/N-ethyl adjacent to an activating group) is 1. The fourth-order valence-corrected chi connectivity index (χ4v) is 5.61. The number of unbranched alkanes of at least 4 members (excludes halogenated alkanes) is 18. The molecule has 0 heterocycles. The molecule has 8 heteroatoms. The first-order valence-corrected chi connectivity index (χ1v) is 19.2. The molecule has 0 aromatic carbocycles. The molecule has 0 saturated carbocycles. The molecule has 2 unspecified atom stereocenters. The van der Waals surface area contributed by atoms with Crippen molar-refractivity contribution in [1.82, 2.24) is 0 Å². The molecule has 0 radical (unpaired) electrons. The average molecular weight is 669 g/mol. The standard InChI is InChI=1S/C39H73NO7/c1-6-8-10-12-13-14-15-16-17-18-19-20-21-22-23-24-25-26-28-30-38(42)47-35(34-46-37(41)29-27-11-9-7-2)33-45-32-31-36(39(43)44)40(3,4)5/h16-17,35-36H,6-15,18-34H2,1-5H3/p+1/b17-16-. The highest BCUT2D eigenvalue weighted by Crippen LogP contribution is 2.14. The number of esters is 2. The Morgan fingerprint density at radius 1 is 0.617 bits per heavy atom. The van der Waals surface area contributed by atoms with Gasteiger partial charge < -0.3 is 23.8 Å². The fraction of sp³-hybridized carbons (Fsp3) is 0.872. The molecule has 0 aromatic rings. The van der Waals surface area contributed by atoms with Gasteiger partial charge in [0.25, 0.3) is 0 Å². The normalized spacial score (nSPS) is 13.1. The van der Waals surface area contributed by atoms with E-state index in [-0.39, 0.29) is 36.2 Å². The highest BCUT2D eigenvalue weighted by atomic mass is 16.6. The van der Waals surface area contributed by atoms with E-state index in [1.165, 1.54) is 89.9 Å². The van der Waals surface area contributed by atoms with Crippen molar-refractivity contribution < 1.29 is 38.2 Å². The van der Waals surface area contributed by atoms with E-state index < -0.39 is 18.1 Å². The summed E-state index contributed by atoms with van der Waals surface area (Å²) >= 11 is 0. The van der Waals surface area contributed by atoms with Gasteiger partial charge in [-0.3, -0.25) is 9.59 Å². The van der Waals surface area contributed by atoms with E-state index in [9.17, 15) is 19.5 Å². The van der Waals surface area contributed by atoms with Crippen molar-refractivity contribution in [3.05, 3.63) is 12.2 Å². The van der Waals surface area contributed by atoms with Crippen LogP contribution < -0.4 is 0 Å². The second-order valence-corrected chi connectivity index (χ2v) is 14.2. The summed E-state index contributed by atoms with van der Waals surface area (Å²) in [5, 5.41) is 9.54. The molecule has 0 spiro atoms. The molecule has 0 aliphatic rings. The number of quaternary nitrogens is 1. The molecule has 47 heavy (non-hydrogen) atoms. The quantitative estimate of drug-likeness (QED) is 0.0315. The third-order valence-electron chi connectivity index (χ3n) is 8.66. The first-order chi connectivity index (χ1) is 22.6. The molecule has 0 bridgehead atoms. The molecule has 0 rings (SSSR count). The van der Waals surface area contributed by atoms with Crippen LogP contribution in [0.3, 0.4) is 0 Å². The van der Waals surface area contributed by atoms with Gasteiger partial charge in [0.05, 0.1) is 34.4 Å². The van der Waals surface area contributed by atoms with Gasteiger partial charge in [-0.2, -0.15) is 0 Å². The lowest BCUT2D eigenvalue weighted by atomic mass is 10.1. The summed E-state index contributed by atoms with van der Waals surface area (Å²) in [6.07, 6.45) is 30.2. The maximum Gasteiger partial charge on any atom is 0.362 e. The zero-order valence-corrected chi connectivity index (χ0v) is 31.2. The number of rotatable bonds is 34. The number of carbonyl (C=O) groups is 3. The van der Waals surface area contributed by atoms with Crippen LogP contribution in [-0.4, -0.2) is 80.6 Å². The van der Waals surface area contributed by atoms with Crippen LogP contribution in [0.1, 0.15) is 168 Å². The number of hydrogen-bond acceptors (Lipinski definition) is 6. The Morgan fingerprint density at radius 3 is 1.55 bits per heavy atom. The lowest BCUT2D eigenvalue weighted by Crippen LogP contribution is -2.50. The van der Waals surface area contributed by atoms with Crippen LogP contribution in [0, 0.1) is 0 Å². The molecule has 0 aromatic heterocycles. The first kappa shape index (κ1) is 45.1. The van der Waals surface area contributed by atoms with Crippen LogP contribution in [0.15, 0.2) is 12.2 Å². The highest BCUT2D eigenvalue weighted by molar-refractivity contribution is 5.72. The monoisotopic (exact) mass is 669 g/mol. The summed E-state index contributed by atoms with van der Waals surface area (Å²) in [4.78, 5) is 36.4. The van der Waals surface area contributed by atoms with E-state index in [0.29, 0.717) is 19.3 Å². The molecule has 2 atom stereocenters. The Bertz CT molecular complexity index is 793. The number of nitrogens with zero attached hydrogens (tertiary/aromatic N) is 1. The van der Waals surface area contributed by atoms with Gasteiger partial charge in [0.2, 0.25) is 0 Å². The molecule has 276 valence electrons. The summed E-state index contributed by atoms with van der Waals surface area (Å²) in [6.45, 7) is 4.61. The molecule has 0 saturated heterocycles. The van der Waals surface area contributed by atoms with Crippen molar-refractivity contribution in [2.75, 3.05) is 41.0 Å². The van der Waals surface area contributed by atoms with Gasteiger partial charge in [-0.1, -0.05) is 122 Å². The van der Waals surface area contributed by atoms with Crippen LogP contribution in [0.5, 0.6) is 0 Å². The summed E-state index contributed by atoms with van der Waals surface area (Å²) < 4.78 is 17.0. The minimum atomic E-state index is -0.877. The van der Waals surface area contributed by atoms with E-state index in [4.69, 9.17) is 14.2 Å². The molecular formula is C39H74NO7+. The Kier molecular flexibility index (Phi) is 30.1. The van der Waals surface area contributed by atoms with Crippen molar-refractivity contribution >= 4 is 17.9 Å². The van der Waals surface area contributed by atoms with E-state index in [0.717, 1.165) is 44.9 Å². The van der Waals surface area contributed by atoms with Gasteiger partial charge in [0.15, 0.2) is 12.1 Å². The molecule has 8 nitrogen and oxygen atoms in total. The van der Waals surface area contributed by atoms with Gasteiger partial charge in [0, 0.05) is 19.3 Å². The zero-order valence-electron chi connectivity index (χ0n) is 31.2. The van der Waals surface area contributed by atoms with Crippen LogP contribution in [0.4, 0.5) is 0 Å². The molecular weight excluding hydrogens is 594 g/mol. The summed E-state index contributed by atoms with van der Waals surface area (Å²) in [5.41, 5.74) is 0. The van der Waals surface area contributed by atoms with Crippen LogP contribution >= 0.6 is 0 Å². The number of carboxylic acid groups (broad SMARTS) is 1. The van der Waals surface area contributed by atoms with E-state index in [1.54, 1.807) is 0 Å². The van der Waals surface area contributed by atoms with Crippen molar-refractivity contribution in [2.45, 2.75) is 180 Å². The lowest BCUT2D eigenvalue weighted by molar-refractivity contribution is -0.887. The smallest absolute Gasteiger partial charge is 0.362 e. The minimum Gasteiger partial charge on any atom is -0.477 e. The van der Waals surface area contributed by atoms with E-state index in [2.05, 4.69) is 26.0 Å². The number of carbonyl (C=O) groups excluding carboxylic acids is 2. The molecule has 0 aliphatic heterocycles. The van der Waals surface area contributed by atoms with Gasteiger partial charge in [-0.05, 0) is 38.5 Å². The predicted octanol–water partition coefficient (Wildman–Crippen LogP) is 9.58. The second kappa shape index (κ2) is 31.3. The Balaban J connectivity index is 4.16. The van der Waals surface area contributed by atoms with Crippen LogP contribution in [0.2, 0.25) is 0 Å². The van der Waals surface area contributed by atoms with Gasteiger partial charge in [0.1, 0.15) is 6.61 Å². The van der Waals surface area contributed by atoms with Gasteiger partial charge in [-0.25, -0.2) is 4.79 Å². The predicted molar refractivity (Wildman–Crippen MR) is 192 cm³/mol. The molecule has 0 aliphatic carbocycles. The second-order valence-electron chi connectivity index (χ2n) is 14.2. The molecule has 1 N–H and O–H groups in total. The van der Waals surface area contributed by atoms with E-state index in [1.807, 2.05) is 21.1 Å². The van der Waals surface area contributed by atoms with Gasteiger partial charge >= 0.3 is 17.9 Å². The highest BCUT2D eigenvalue weighted by Gasteiger charge is 2.31. The number of aliphatic carboxylic acids is 1. The maximum absolute atomic E-state index is 12.6. The average Bonchev–Trinajstić information content (AvgIpc) is 3.02. The number of carboxylic acids is 1. The topological polar surface area (TPSA) is 99.1 Å². The SMILES string of the molecule is CCCCCCCC/C=C\CCCCCCCCCCCC(=O)OC(COCCC(C(=O)O)[N+](C)(C)C)COC(=O)CCCCCC. The van der Waals surface area contributed by atoms with Gasteiger partial charge in [-0.15, -0.1) is 0 Å². The Hall–Kier alpha value is -1.93. The van der Waals surface area contributed by atoms with Crippen molar-refractivity contribution in [1.29, 1.82) is 0 Å². The van der Waals surface area contributed by atoms with Crippen LogP contribution in [0.25, 0.3) is 0 Å². The third-order valence-corrected chi connectivity index (χ3v) is 8.66. The lowest BCUT2D eigenvalue weighted by Gasteiger charge is -2.31. The van der Waals surface area contributed by atoms with Crippen LogP contribution in [-0.2, 0) is 28.6 Å². The summed E-state index contributed by atoms with van der Waals surface area (Å²) in [5.74, 6) is -1.49. The summed E-state index contributed by atoms with van der Waals surface area (Å²) in [7, 11) is 5.51. The zero-order chi connectivity index (χ0) is 35.0. The van der Waals surface area contributed by atoms with E-state index >= 15 is 0 Å². The third kappa shape index (κ3) is 29.9.